The smallest absolute Gasteiger partial charge is 0.323 e. The molecule has 0 aromatic heterocycles. The number of carbonyl (C=O) groups excluding carboxylic acids is 1. The van der Waals surface area contributed by atoms with Crippen molar-refractivity contribution in [2.24, 2.45) is 5.92 Å². The molecule has 0 atom stereocenters. The van der Waals surface area contributed by atoms with Crippen LogP contribution in [0.4, 0.5) is 4.39 Å². The third-order valence-electron chi connectivity index (χ3n) is 2.86. The molecule has 0 aliphatic rings. The van der Waals surface area contributed by atoms with Gasteiger partial charge in [0.1, 0.15) is 18.1 Å². The number of amides is 1. The minimum atomic E-state index is -1.02. The minimum Gasteiger partial charge on any atom is -0.493 e. The van der Waals surface area contributed by atoms with Crippen LogP contribution in [-0.4, -0.2) is 41.6 Å². The third kappa shape index (κ3) is 7.06. The summed E-state index contributed by atoms with van der Waals surface area (Å²) in [4.78, 5) is 24.2. The Kier molecular flexibility index (Phi) is 7.36. The fraction of sp³-hybridized carbons (Fsp3) is 0.500. The van der Waals surface area contributed by atoms with Crippen LogP contribution in [0.3, 0.4) is 0 Å². The highest BCUT2D eigenvalue weighted by atomic mass is 19.1. The van der Waals surface area contributed by atoms with Crippen LogP contribution in [0.25, 0.3) is 0 Å². The molecular formula is C16H22FNO4. The second kappa shape index (κ2) is 9.02. The van der Waals surface area contributed by atoms with Crippen LogP contribution >= 0.6 is 0 Å². The topological polar surface area (TPSA) is 66.8 Å². The Bertz CT molecular complexity index is 505. The van der Waals surface area contributed by atoms with E-state index in [2.05, 4.69) is 0 Å². The van der Waals surface area contributed by atoms with Gasteiger partial charge in [0, 0.05) is 19.0 Å². The van der Waals surface area contributed by atoms with Gasteiger partial charge in [-0.05, 0) is 24.5 Å². The Morgan fingerprint density at radius 1 is 1.36 bits per heavy atom. The van der Waals surface area contributed by atoms with Gasteiger partial charge in [-0.3, -0.25) is 9.59 Å². The van der Waals surface area contributed by atoms with Crippen LogP contribution in [0, 0.1) is 11.7 Å². The molecule has 122 valence electrons. The Morgan fingerprint density at radius 3 is 2.68 bits per heavy atom. The monoisotopic (exact) mass is 311 g/mol. The predicted octanol–water partition coefficient (Wildman–Crippen LogP) is 2.55. The molecule has 0 spiro atoms. The molecule has 0 heterocycles. The van der Waals surface area contributed by atoms with E-state index in [9.17, 15) is 14.0 Å². The normalized spacial score (nSPS) is 10.5. The summed E-state index contributed by atoms with van der Waals surface area (Å²) in [5.41, 5.74) is 0. The van der Waals surface area contributed by atoms with E-state index in [1.807, 2.05) is 13.8 Å². The number of carbonyl (C=O) groups is 2. The minimum absolute atomic E-state index is 0.201. The van der Waals surface area contributed by atoms with E-state index in [1.165, 1.54) is 17.0 Å². The average Bonchev–Trinajstić information content (AvgIpc) is 2.41. The van der Waals surface area contributed by atoms with Crippen molar-refractivity contribution in [2.45, 2.75) is 26.7 Å². The predicted molar refractivity (Wildman–Crippen MR) is 80.2 cm³/mol. The van der Waals surface area contributed by atoms with Crippen LogP contribution in [0.15, 0.2) is 24.3 Å². The summed E-state index contributed by atoms with van der Waals surface area (Å²) in [5, 5.41) is 8.84. The number of carboxylic acid groups (broad SMARTS) is 1. The summed E-state index contributed by atoms with van der Waals surface area (Å²) < 4.78 is 18.3. The summed E-state index contributed by atoms with van der Waals surface area (Å²) in [5.74, 6) is -0.994. The van der Waals surface area contributed by atoms with E-state index in [0.29, 0.717) is 18.7 Å². The van der Waals surface area contributed by atoms with Crippen LogP contribution in [0.5, 0.6) is 5.75 Å². The number of hydrogen-bond acceptors (Lipinski definition) is 3. The van der Waals surface area contributed by atoms with Crippen molar-refractivity contribution in [3.8, 4) is 5.75 Å². The van der Waals surface area contributed by atoms with Gasteiger partial charge < -0.3 is 14.7 Å². The second-order valence-corrected chi connectivity index (χ2v) is 5.47. The Morgan fingerprint density at radius 2 is 2.09 bits per heavy atom. The highest BCUT2D eigenvalue weighted by Gasteiger charge is 2.17. The van der Waals surface area contributed by atoms with Crippen LogP contribution in [0.1, 0.15) is 26.7 Å². The van der Waals surface area contributed by atoms with Crippen LogP contribution in [-0.2, 0) is 9.59 Å². The van der Waals surface area contributed by atoms with E-state index in [-0.39, 0.29) is 37.2 Å². The van der Waals surface area contributed by atoms with Crippen LogP contribution < -0.4 is 4.74 Å². The van der Waals surface area contributed by atoms with E-state index in [4.69, 9.17) is 9.84 Å². The molecule has 0 saturated carbocycles. The van der Waals surface area contributed by atoms with Gasteiger partial charge in [-0.1, -0.05) is 19.9 Å². The third-order valence-corrected chi connectivity index (χ3v) is 2.86. The highest BCUT2D eigenvalue weighted by Crippen LogP contribution is 2.12. The molecule has 5 nitrogen and oxygen atoms in total. The molecule has 1 aromatic rings. The van der Waals surface area contributed by atoms with Gasteiger partial charge in [0.2, 0.25) is 5.91 Å². The number of carboxylic acids is 1. The van der Waals surface area contributed by atoms with E-state index >= 15 is 0 Å². The number of ether oxygens (including phenoxy) is 1. The quantitative estimate of drug-likeness (QED) is 0.712. The molecule has 0 radical (unpaired) electrons. The maximum atomic E-state index is 13.0. The van der Waals surface area contributed by atoms with Crippen molar-refractivity contribution in [2.75, 3.05) is 19.7 Å². The molecule has 0 saturated heterocycles. The largest absolute Gasteiger partial charge is 0.493 e. The zero-order valence-electron chi connectivity index (χ0n) is 12.9. The Labute approximate surface area is 129 Å². The maximum Gasteiger partial charge on any atom is 0.323 e. The first-order chi connectivity index (χ1) is 10.4. The molecule has 1 rings (SSSR count). The summed E-state index contributed by atoms with van der Waals surface area (Å²) >= 11 is 0. The van der Waals surface area contributed by atoms with Gasteiger partial charge in [0.15, 0.2) is 0 Å². The lowest BCUT2D eigenvalue weighted by molar-refractivity contribution is -0.144. The number of nitrogens with zero attached hydrogens (tertiary/aromatic N) is 1. The van der Waals surface area contributed by atoms with Gasteiger partial charge in [-0.15, -0.1) is 0 Å². The number of aliphatic carboxylic acids is 1. The zero-order valence-corrected chi connectivity index (χ0v) is 12.9. The lowest BCUT2D eigenvalue weighted by Crippen LogP contribution is -2.38. The molecule has 6 heteroatoms. The van der Waals surface area contributed by atoms with E-state index < -0.39 is 5.97 Å². The maximum absolute atomic E-state index is 13.0. The molecule has 0 aliphatic heterocycles. The molecule has 1 N–H and O–H groups in total. The molecule has 1 aromatic carbocycles. The van der Waals surface area contributed by atoms with Crippen molar-refractivity contribution in [3.05, 3.63) is 30.1 Å². The Balaban J connectivity index is 2.37. The van der Waals surface area contributed by atoms with Gasteiger partial charge in [0.25, 0.3) is 0 Å². The van der Waals surface area contributed by atoms with E-state index in [0.717, 1.165) is 0 Å². The summed E-state index contributed by atoms with van der Waals surface area (Å²) in [6.45, 7) is 4.25. The molecule has 0 fully saturated rings. The fourth-order valence-electron chi connectivity index (χ4n) is 1.99. The molecule has 22 heavy (non-hydrogen) atoms. The number of hydrogen-bond donors (Lipinski definition) is 1. The number of halogens is 1. The first kappa shape index (κ1) is 17.9. The number of benzene rings is 1. The fourth-order valence-corrected chi connectivity index (χ4v) is 1.99. The summed E-state index contributed by atoms with van der Waals surface area (Å²) in [6, 6.07) is 5.79. The second-order valence-electron chi connectivity index (χ2n) is 5.47. The van der Waals surface area contributed by atoms with E-state index in [1.54, 1.807) is 12.1 Å². The van der Waals surface area contributed by atoms with Gasteiger partial charge in [0.05, 0.1) is 6.61 Å². The molecule has 0 unspecified atom stereocenters. The lowest BCUT2D eigenvalue weighted by Gasteiger charge is -2.22. The van der Waals surface area contributed by atoms with Gasteiger partial charge in [-0.25, -0.2) is 4.39 Å². The first-order valence-electron chi connectivity index (χ1n) is 7.26. The van der Waals surface area contributed by atoms with Crippen molar-refractivity contribution >= 4 is 11.9 Å². The van der Waals surface area contributed by atoms with Crippen molar-refractivity contribution in [1.82, 2.24) is 4.90 Å². The summed E-state index contributed by atoms with van der Waals surface area (Å²) in [7, 11) is 0. The molecule has 1 amide bonds. The van der Waals surface area contributed by atoms with Crippen LogP contribution in [0.2, 0.25) is 0 Å². The average molecular weight is 311 g/mol. The summed E-state index contributed by atoms with van der Waals surface area (Å²) in [6.07, 6.45) is 0.652. The van der Waals surface area contributed by atoms with Crippen molar-refractivity contribution in [3.63, 3.8) is 0 Å². The lowest BCUT2D eigenvalue weighted by atomic mass is 10.2. The first-order valence-corrected chi connectivity index (χ1v) is 7.26. The molecule has 0 bridgehead atoms. The molecule has 0 aliphatic carbocycles. The van der Waals surface area contributed by atoms with Crippen molar-refractivity contribution in [1.29, 1.82) is 0 Å². The Hall–Kier alpha value is -2.11. The SMILES string of the molecule is CC(C)CN(CC(=O)O)C(=O)CCCOc1cccc(F)c1. The molecular weight excluding hydrogens is 289 g/mol. The van der Waals surface area contributed by atoms with Crippen molar-refractivity contribution < 1.29 is 23.8 Å². The zero-order chi connectivity index (χ0) is 16.5. The van der Waals surface area contributed by atoms with Gasteiger partial charge in [-0.2, -0.15) is 0 Å². The standard InChI is InChI=1S/C16H22FNO4/c1-12(2)10-18(11-16(20)21)15(19)7-4-8-22-14-6-3-5-13(17)9-14/h3,5-6,9,12H,4,7-8,10-11H2,1-2H3,(H,20,21). The number of rotatable bonds is 9. The van der Waals surface area contributed by atoms with Gasteiger partial charge >= 0.3 is 5.97 Å². The highest BCUT2D eigenvalue weighted by molar-refractivity contribution is 5.81.